The minimum Gasteiger partial charge on any atom is -0.465 e. The monoisotopic (exact) mass is 539 g/mol. The molecule has 0 atom stereocenters. The predicted molar refractivity (Wildman–Crippen MR) is 148 cm³/mol. The van der Waals surface area contributed by atoms with Crippen LogP contribution in [-0.2, 0) is 25.7 Å². The van der Waals surface area contributed by atoms with Gasteiger partial charge < -0.3 is 23.5 Å². The Kier molecular flexibility index (Phi) is 6.96. The van der Waals surface area contributed by atoms with Crippen molar-refractivity contribution in [3.05, 3.63) is 77.9 Å². The zero-order chi connectivity index (χ0) is 28.6. The summed E-state index contributed by atoms with van der Waals surface area (Å²) in [6.45, 7) is 4.10. The highest BCUT2D eigenvalue weighted by molar-refractivity contribution is 6.26. The number of esters is 4. The smallest absolute Gasteiger partial charge is 0.342 e. The number of aromatic nitrogens is 1. The molecule has 0 bridgehead atoms. The van der Waals surface area contributed by atoms with Crippen LogP contribution in [0.4, 0.5) is 0 Å². The Labute approximate surface area is 228 Å². The summed E-state index contributed by atoms with van der Waals surface area (Å²) in [6, 6.07) is 19.8. The summed E-state index contributed by atoms with van der Waals surface area (Å²) in [7, 11) is 1.22. The number of methoxy groups -OCH3 is 1. The van der Waals surface area contributed by atoms with E-state index in [4.69, 9.17) is 18.9 Å². The van der Waals surface area contributed by atoms with Gasteiger partial charge in [0.2, 0.25) is 0 Å². The van der Waals surface area contributed by atoms with Gasteiger partial charge in [-0.2, -0.15) is 0 Å². The summed E-state index contributed by atoms with van der Waals surface area (Å²) in [6.07, 6.45) is 0. The first-order chi connectivity index (χ1) is 19.2. The number of ether oxygens (including phenoxy) is 4. The van der Waals surface area contributed by atoms with Gasteiger partial charge in [-0.15, -0.1) is 0 Å². The normalized spacial score (nSPS) is 11.0. The van der Waals surface area contributed by atoms with Crippen LogP contribution in [0.3, 0.4) is 0 Å². The Morgan fingerprint density at radius 3 is 1.85 bits per heavy atom. The first-order valence-corrected chi connectivity index (χ1v) is 12.4. The molecule has 0 amide bonds. The molecule has 0 saturated heterocycles. The fraction of sp³-hybridized carbons (Fsp3) is 0.161. The van der Waals surface area contributed by atoms with Gasteiger partial charge in [-0.05, 0) is 17.7 Å². The van der Waals surface area contributed by atoms with E-state index in [0.717, 1.165) is 5.56 Å². The Morgan fingerprint density at radius 2 is 1.25 bits per heavy atom. The second-order valence-electron chi connectivity index (χ2n) is 9.10. The van der Waals surface area contributed by atoms with E-state index in [9.17, 15) is 19.2 Å². The van der Waals surface area contributed by atoms with Crippen molar-refractivity contribution in [3.63, 3.8) is 0 Å². The number of carbonyl (C=O) groups excluding carboxylic acids is 4. The van der Waals surface area contributed by atoms with E-state index in [1.54, 1.807) is 30.3 Å². The molecule has 0 radical (unpaired) electrons. The molecule has 1 aromatic heterocycles. The SMILES string of the molecule is COC(=O)c1c(OC(C)=O)ccc2c1c1c(OC(C)=O)c3ccccc3c(OC(C)=O)c1n2Cc1ccccc1. The van der Waals surface area contributed by atoms with Crippen molar-refractivity contribution in [2.75, 3.05) is 7.11 Å². The van der Waals surface area contributed by atoms with Crippen LogP contribution in [0.1, 0.15) is 36.7 Å². The van der Waals surface area contributed by atoms with E-state index in [1.807, 2.05) is 34.9 Å². The third kappa shape index (κ3) is 4.62. The zero-order valence-electron chi connectivity index (χ0n) is 22.3. The highest BCUT2D eigenvalue weighted by atomic mass is 16.5. The summed E-state index contributed by atoms with van der Waals surface area (Å²) >= 11 is 0. The molecule has 5 aromatic rings. The highest BCUT2D eigenvalue weighted by Gasteiger charge is 2.30. The molecular formula is C31H25NO8. The molecule has 1 heterocycles. The van der Waals surface area contributed by atoms with Crippen LogP contribution >= 0.6 is 0 Å². The number of carbonyl (C=O) groups is 4. The summed E-state index contributed by atoms with van der Waals surface area (Å²) in [4.78, 5) is 50.1. The first kappa shape index (κ1) is 26.4. The van der Waals surface area contributed by atoms with Gasteiger partial charge in [0.1, 0.15) is 17.1 Å². The summed E-state index contributed by atoms with van der Waals surface area (Å²) in [5, 5.41) is 1.64. The van der Waals surface area contributed by atoms with E-state index < -0.39 is 23.9 Å². The molecule has 0 aliphatic heterocycles. The van der Waals surface area contributed by atoms with E-state index >= 15 is 0 Å². The number of benzene rings is 4. The van der Waals surface area contributed by atoms with Crippen molar-refractivity contribution < 1.29 is 38.1 Å². The van der Waals surface area contributed by atoms with Gasteiger partial charge in [0, 0.05) is 43.5 Å². The van der Waals surface area contributed by atoms with Crippen LogP contribution < -0.4 is 14.2 Å². The predicted octanol–water partition coefficient (Wildman–Crippen LogP) is 5.56. The molecule has 0 unspecified atom stereocenters. The van der Waals surface area contributed by atoms with Gasteiger partial charge in [0.25, 0.3) is 0 Å². The standard InChI is InChI=1S/C31H25NO8/c1-17(33)38-24-15-14-23-25(26(24)31(36)37-4)27-28(32(23)16-20-10-6-5-7-11-20)30(40-19(3)35)22-13-9-8-12-21(22)29(27)39-18(2)34/h5-15H,16H2,1-4H3. The van der Waals surface area contributed by atoms with Crippen LogP contribution in [0, 0.1) is 0 Å². The van der Waals surface area contributed by atoms with E-state index in [2.05, 4.69) is 0 Å². The van der Waals surface area contributed by atoms with Crippen molar-refractivity contribution >= 4 is 56.5 Å². The number of rotatable bonds is 6. The molecule has 0 aliphatic rings. The Hall–Kier alpha value is -5.18. The lowest BCUT2D eigenvalue weighted by molar-refractivity contribution is -0.132. The average Bonchev–Trinajstić information content (AvgIpc) is 3.23. The average molecular weight is 540 g/mol. The number of fused-ring (bicyclic) bond motifs is 4. The van der Waals surface area contributed by atoms with Crippen molar-refractivity contribution in [2.45, 2.75) is 27.3 Å². The lowest BCUT2D eigenvalue weighted by atomic mass is 10.00. The van der Waals surface area contributed by atoms with Crippen LogP contribution in [0.2, 0.25) is 0 Å². The van der Waals surface area contributed by atoms with Gasteiger partial charge in [0.15, 0.2) is 5.75 Å². The van der Waals surface area contributed by atoms with Gasteiger partial charge in [-0.3, -0.25) is 14.4 Å². The zero-order valence-corrected chi connectivity index (χ0v) is 22.3. The van der Waals surface area contributed by atoms with Crippen LogP contribution in [0.5, 0.6) is 17.2 Å². The van der Waals surface area contributed by atoms with Crippen molar-refractivity contribution in [1.82, 2.24) is 4.57 Å². The molecule has 0 fully saturated rings. The van der Waals surface area contributed by atoms with Crippen molar-refractivity contribution in [2.24, 2.45) is 0 Å². The molecule has 9 nitrogen and oxygen atoms in total. The second kappa shape index (κ2) is 10.5. The maximum Gasteiger partial charge on any atom is 0.342 e. The topological polar surface area (TPSA) is 110 Å². The fourth-order valence-electron chi connectivity index (χ4n) is 4.99. The second-order valence-corrected chi connectivity index (χ2v) is 9.10. The quantitative estimate of drug-likeness (QED) is 0.204. The van der Waals surface area contributed by atoms with Gasteiger partial charge in [-0.1, -0.05) is 54.6 Å². The van der Waals surface area contributed by atoms with Crippen LogP contribution in [-0.4, -0.2) is 35.6 Å². The van der Waals surface area contributed by atoms with Gasteiger partial charge in [0.05, 0.1) is 23.5 Å². The molecule has 0 spiro atoms. The van der Waals surface area contributed by atoms with E-state index in [0.29, 0.717) is 39.1 Å². The Balaban J connectivity index is 2.09. The molecule has 0 saturated carbocycles. The lowest BCUT2D eigenvalue weighted by Crippen LogP contribution is -2.10. The molecule has 4 aromatic carbocycles. The highest BCUT2D eigenvalue weighted by Crippen LogP contribution is 2.49. The van der Waals surface area contributed by atoms with Gasteiger partial charge in [-0.25, -0.2) is 4.79 Å². The van der Waals surface area contributed by atoms with Crippen LogP contribution in [0.15, 0.2) is 66.7 Å². The summed E-state index contributed by atoms with van der Waals surface area (Å²) < 4.78 is 24.0. The number of hydrogen-bond donors (Lipinski definition) is 0. The van der Waals surface area contributed by atoms with E-state index in [1.165, 1.54) is 33.9 Å². The minimum absolute atomic E-state index is 0.0263. The maximum absolute atomic E-state index is 13.3. The molecule has 0 aliphatic carbocycles. The molecule has 40 heavy (non-hydrogen) atoms. The van der Waals surface area contributed by atoms with Crippen molar-refractivity contribution in [1.29, 1.82) is 0 Å². The lowest BCUT2D eigenvalue weighted by Gasteiger charge is -2.16. The molecule has 202 valence electrons. The largest absolute Gasteiger partial charge is 0.465 e. The fourth-order valence-corrected chi connectivity index (χ4v) is 4.99. The molecule has 9 heteroatoms. The molecule has 5 rings (SSSR count). The molecular weight excluding hydrogens is 514 g/mol. The third-order valence-corrected chi connectivity index (χ3v) is 6.37. The maximum atomic E-state index is 13.3. The minimum atomic E-state index is -0.767. The van der Waals surface area contributed by atoms with Crippen molar-refractivity contribution in [3.8, 4) is 17.2 Å². The van der Waals surface area contributed by atoms with Gasteiger partial charge >= 0.3 is 23.9 Å². The first-order valence-electron chi connectivity index (χ1n) is 12.4. The third-order valence-electron chi connectivity index (χ3n) is 6.37. The Morgan fingerprint density at radius 1 is 0.675 bits per heavy atom. The summed E-state index contributed by atoms with van der Waals surface area (Å²) in [5.41, 5.74) is 1.83. The number of hydrogen-bond acceptors (Lipinski definition) is 8. The summed E-state index contributed by atoms with van der Waals surface area (Å²) in [5.74, 6) is -2.19. The molecule has 0 N–H and O–H groups in total. The Bertz CT molecular complexity index is 1840. The number of nitrogens with zero attached hydrogens (tertiary/aromatic N) is 1. The van der Waals surface area contributed by atoms with Crippen LogP contribution in [0.25, 0.3) is 32.6 Å². The van der Waals surface area contributed by atoms with E-state index in [-0.39, 0.29) is 22.8 Å².